The molecule has 1 amide bonds. The van der Waals surface area contributed by atoms with E-state index in [0.29, 0.717) is 28.4 Å². The lowest BCUT2D eigenvalue weighted by atomic mass is 9.90. The first kappa shape index (κ1) is 21.1. The van der Waals surface area contributed by atoms with Gasteiger partial charge in [-0.25, -0.2) is 13.8 Å². The van der Waals surface area contributed by atoms with Gasteiger partial charge in [-0.3, -0.25) is 10.1 Å². The van der Waals surface area contributed by atoms with Crippen LogP contribution in [0.4, 0.5) is 8.78 Å². The summed E-state index contributed by atoms with van der Waals surface area (Å²) in [5.74, 6) is -1.32. The molecule has 0 radical (unpaired) electrons. The van der Waals surface area contributed by atoms with Crippen LogP contribution in [0.1, 0.15) is 27.4 Å². The van der Waals surface area contributed by atoms with E-state index in [1.807, 2.05) is 0 Å². The van der Waals surface area contributed by atoms with Gasteiger partial charge in [0.2, 0.25) is 0 Å². The molecule has 1 aliphatic heterocycles. The maximum Gasteiger partial charge on any atom is 0.257 e. The standard InChI is InChI=1S/C23H16ClF2N3OS/c24-17-7-1-16(2-8-17)22(30)27-23(31)29-13-20(14-3-9-18(25)10-4-14)21(28-29)15-5-11-19(26)12-6-15/h1-12,20H,13H2,(H,27,30,31). The van der Waals surface area contributed by atoms with Crippen molar-refractivity contribution in [3.63, 3.8) is 0 Å². The molecule has 0 bridgehead atoms. The Hall–Kier alpha value is -3.16. The summed E-state index contributed by atoms with van der Waals surface area (Å²) in [4.78, 5) is 12.5. The van der Waals surface area contributed by atoms with Gasteiger partial charge in [-0.05, 0) is 71.9 Å². The van der Waals surface area contributed by atoms with Gasteiger partial charge < -0.3 is 0 Å². The van der Waals surface area contributed by atoms with Crippen molar-refractivity contribution >= 4 is 40.6 Å². The molecule has 0 saturated heterocycles. The van der Waals surface area contributed by atoms with Gasteiger partial charge in [0.05, 0.1) is 12.3 Å². The van der Waals surface area contributed by atoms with E-state index in [0.717, 1.165) is 5.56 Å². The van der Waals surface area contributed by atoms with Crippen LogP contribution in [-0.4, -0.2) is 28.3 Å². The molecule has 0 saturated carbocycles. The van der Waals surface area contributed by atoms with Crippen LogP contribution in [0.3, 0.4) is 0 Å². The van der Waals surface area contributed by atoms with Gasteiger partial charge in [0.15, 0.2) is 5.11 Å². The zero-order chi connectivity index (χ0) is 22.0. The molecule has 0 aliphatic carbocycles. The zero-order valence-electron chi connectivity index (χ0n) is 16.1. The highest BCUT2D eigenvalue weighted by Crippen LogP contribution is 2.29. The van der Waals surface area contributed by atoms with Gasteiger partial charge in [-0.2, -0.15) is 5.10 Å². The van der Waals surface area contributed by atoms with Crippen molar-refractivity contribution in [3.05, 3.63) is 106 Å². The molecule has 1 heterocycles. The Balaban J connectivity index is 1.59. The fourth-order valence-corrected chi connectivity index (χ4v) is 3.64. The van der Waals surface area contributed by atoms with Crippen LogP contribution in [0.2, 0.25) is 5.02 Å². The molecule has 1 unspecified atom stereocenters. The summed E-state index contributed by atoms with van der Waals surface area (Å²) in [5, 5.41) is 9.42. The van der Waals surface area contributed by atoms with Gasteiger partial charge in [-0.1, -0.05) is 35.9 Å². The highest BCUT2D eigenvalue weighted by atomic mass is 35.5. The maximum atomic E-state index is 13.4. The summed E-state index contributed by atoms with van der Waals surface area (Å²) in [6.45, 7) is 0.345. The van der Waals surface area contributed by atoms with Crippen molar-refractivity contribution in [3.8, 4) is 0 Å². The molecular formula is C23H16ClF2N3OS. The van der Waals surface area contributed by atoms with Crippen LogP contribution in [-0.2, 0) is 0 Å². The van der Waals surface area contributed by atoms with E-state index in [2.05, 4.69) is 10.4 Å². The Kier molecular flexibility index (Phi) is 6.06. The first-order valence-corrected chi connectivity index (χ1v) is 10.2. The third-order valence-electron chi connectivity index (χ3n) is 4.89. The summed E-state index contributed by atoms with van der Waals surface area (Å²) >= 11 is 11.3. The minimum atomic E-state index is -0.384. The number of hydrogen-bond donors (Lipinski definition) is 1. The highest BCUT2D eigenvalue weighted by Gasteiger charge is 2.31. The number of carbonyl (C=O) groups excluding carboxylic acids is 1. The van der Waals surface area contributed by atoms with Crippen LogP contribution >= 0.6 is 23.8 Å². The normalized spacial score (nSPS) is 15.5. The SMILES string of the molecule is O=C(NC(=S)N1CC(c2ccc(F)cc2)C(c2ccc(F)cc2)=N1)c1ccc(Cl)cc1. The minimum absolute atomic E-state index is 0.129. The number of hydrogen-bond acceptors (Lipinski definition) is 3. The second-order valence-electron chi connectivity index (χ2n) is 6.94. The van der Waals surface area contributed by atoms with Crippen LogP contribution in [0, 0.1) is 11.6 Å². The predicted octanol–water partition coefficient (Wildman–Crippen LogP) is 5.14. The van der Waals surface area contributed by atoms with Crippen LogP contribution in [0.15, 0.2) is 77.9 Å². The third kappa shape index (κ3) is 4.78. The number of thiocarbonyl (C=S) groups is 1. The van der Waals surface area contributed by atoms with Gasteiger partial charge in [-0.15, -0.1) is 0 Å². The molecular weight excluding hydrogens is 440 g/mol. The number of benzene rings is 3. The number of carbonyl (C=O) groups is 1. The molecule has 3 aromatic carbocycles. The number of rotatable bonds is 3. The van der Waals surface area contributed by atoms with E-state index in [1.165, 1.54) is 29.3 Å². The van der Waals surface area contributed by atoms with E-state index in [1.54, 1.807) is 48.5 Å². The number of nitrogens with one attached hydrogen (secondary N) is 1. The fourth-order valence-electron chi connectivity index (χ4n) is 3.30. The van der Waals surface area contributed by atoms with E-state index in [9.17, 15) is 13.6 Å². The molecule has 0 fully saturated rings. The average molecular weight is 456 g/mol. The largest absolute Gasteiger partial charge is 0.297 e. The number of halogens is 3. The van der Waals surface area contributed by atoms with Crippen LogP contribution in [0.5, 0.6) is 0 Å². The van der Waals surface area contributed by atoms with Gasteiger partial charge >= 0.3 is 0 Å². The highest BCUT2D eigenvalue weighted by molar-refractivity contribution is 7.80. The third-order valence-corrected chi connectivity index (χ3v) is 5.45. The molecule has 31 heavy (non-hydrogen) atoms. The topological polar surface area (TPSA) is 44.7 Å². The zero-order valence-corrected chi connectivity index (χ0v) is 17.6. The molecule has 1 N–H and O–H groups in total. The smallest absolute Gasteiger partial charge is 0.257 e. The maximum absolute atomic E-state index is 13.4. The molecule has 4 rings (SSSR count). The van der Waals surface area contributed by atoms with Crippen molar-refractivity contribution in [2.24, 2.45) is 5.10 Å². The van der Waals surface area contributed by atoms with Crippen LogP contribution < -0.4 is 5.32 Å². The number of amides is 1. The molecule has 0 aromatic heterocycles. The van der Waals surface area contributed by atoms with Gasteiger partial charge in [0.25, 0.3) is 5.91 Å². The minimum Gasteiger partial charge on any atom is -0.297 e. The molecule has 8 heteroatoms. The van der Waals surface area contributed by atoms with E-state index in [4.69, 9.17) is 23.8 Å². The summed E-state index contributed by atoms with van der Waals surface area (Å²) in [5.41, 5.74) is 2.60. The van der Waals surface area contributed by atoms with Crippen LogP contribution in [0.25, 0.3) is 0 Å². The van der Waals surface area contributed by atoms with Crippen molar-refractivity contribution in [1.29, 1.82) is 0 Å². The first-order valence-electron chi connectivity index (χ1n) is 9.39. The average Bonchev–Trinajstić information content (AvgIpc) is 3.21. The summed E-state index contributed by atoms with van der Waals surface area (Å²) < 4.78 is 26.8. The van der Waals surface area contributed by atoms with E-state index >= 15 is 0 Å². The Morgan fingerprint density at radius 3 is 2.16 bits per heavy atom. The first-order chi connectivity index (χ1) is 14.9. The van der Waals surface area contributed by atoms with Crippen molar-refractivity contribution < 1.29 is 13.6 Å². The Morgan fingerprint density at radius 1 is 0.968 bits per heavy atom. The van der Waals surface area contributed by atoms with Crippen molar-refractivity contribution in [2.75, 3.05) is 6.54 Å². The molecule has 0 spiro atoms. The molecule has 156 valence electrons. The van der Waals surface area contributed by atoms with E-state index in [-0.39, 0.29) is 28.6 Å². The van der Waals surface area contributed by atoms with Gasteiger partial charge in [0, 0.05) is 16.5 Å². The predicted molar refractivity (Wildman–Crippen MR) is 120 cm³/mol. The van der Waals surface area contributed by atoms with Crippen molar-refractivity contribution in [2.45, 2.75) is 5.92 Å². The van der Waals surface area contributed by atoms with Crippen molar-refractivity contribution in [1.82, 2.24) is 10.3 Å². The molecule has 1 atom stereocenters. The summed E-state index contributed by atoms with van der Waals surface area (Å²) in [6.07, 6.45) is 0. The molecule has 1 aliphatic rings. The lowest BCUT2D eigenvalue weighted by Crippen LogP contribution is -2.39. The van der Waals surface area contributed by atoms with E-state index < -0.39 is 0 Å². The number of hydrazone groups is 1. The second kappa shape index (κ2) is 8.91. The fraction of sp³-hybridized carbons (Fsp3) is 0.0870. The Morgan fingerprint density at radius 2 is 1.55 bits per heavy atom. The number of nitrogens with zero attached hydrogens (tertiary/aromatic N) is 2. The Bertz CT molecular complexity index is 1150. The molecule has 4 nitrogen and oxygen atoms in total. The van der Waals surface area contributed by atoms with Gasteiger partial charge in [0.1, 0.15) is 11.6 Å². The monoisotopic (exact) mass is 455 g/mol. The lowest BCUT2D eigenvalue weighted by Gasteiger charge is -2.17. The summed E-state index contributed by atoms with van der Waals surface area (Å²) in [7, 11) is 0. The lowest BCUT2D eigenvalue weighted by molar-refractivity contribution is 0.0973. The Labute approximate surface area is 188 Å². The molecule has 3 aromatic rings. The quantitative estimate of drug-likeness (QED) is 0.556. The summed E-state index contributed by atoms with van der Waals surface area (Å²) in [6, 6.07) is 18.5. The second-order valence-corrected chi connectivity index (χ2v) is 7.77.